The van der Waals surface area contributed by atoms with E-state index >= 15 is 0 Å². The minimum absolute atomic E-state index is 0.121. The van der Waals surface area contributed by atoms with Gasteiger partial charge in [0.1, 0.15) is 6.20 Å². The normalized spacial score (nSPS) is 12.2. The molecule has 0 aliphatic heterocycles. The lowest BCUT2D eigenvalue weighted by atomic mass is 10.4. The SMILES string of the molecule is O=[N+]([O-])c1ccc(/N=[SH](=O)/c2ccccc2)nc1. The van der Waals surface area contributed by atoms with Gasteiger partial charge in [0.15, 0.2) is 5.82 Å². The van der Waals surface area contributed by atoms with Crippen LogP contribution in [0.2, 0.25) is 0 Å². The van der Waals surface area contributed by atoms with Gasteiger partial charge in [-0.1, -0.05) is 18.2 Å². The molecule has 2 aromatic rings. The molecule has 1 aromatic heterocycles. The van der Waals surface area contributed by atoms with E-state index in [1.807, 2.05) is 6.07 Å². The van der Waals surface area contributed by atoms with E-state index < -0.39 is 15.5 Å². The van der Waals surface area contributed by atoms with Crippen LogP contribution < -0.4 is 0 Å². The van der Waals surface area contributed by atoms with Crippen molar-refractivity contribution in [3.63, 3.8) is 0 Å². The van der Waals surface area contributed by atoms with Gasteiger partial charge in [0, 0.05) is 11.0 Å². The third-order valence-corrected chi connectivity index (χ3v) is 3.24. The van der Waals surface area contributed by atoms with Crippen LogP contribution in [0.15, 0.2) is 57.9 Å². The standard InChI is InChI=1S/C11H9N3O3S/c15-14(16)9-6-7-11(12-8-9)13-18(17)10-4-2-1-3-5-10/h1-8,18H. The van der Waals surface area contributed by atoms with Gasteiger partial charge >= 0.3 is 0 Å². The summed E-state index contributed by atoms with van der Waals surface area (Å²) in [5.74, 6) is 0.213. The molecule has 0 saturated carbocycles. The summed E-state index contributed by atoms with van der Waals surface area (Å²) in [5.41, 5.74) is -0.121. The van der Waals surface area contributed by atoms with E-state index in [0.717, 1.165) is 6.20 Å². The second kappa shape index (κ2) is 5.37. The highest BCUT2D eigenvalue weighted by Gasteiger charge is 2.04. The number of nitrogens with zero attached hydrogens (tertiary/aromatic N) is 3. The average molecular weight is 263 g/mol. The molecule has 18 heavy (non-hydrogen) atoms. The Bertz CT molecular complexity index is 634. The zero-order chi connectivity index (χ0) is 13.0. The van der Waals surface area contributed by atoms with Gasteiger partial charge in [0.25, 0.3) is 5.69 Å². The zero-order valence-electron chi connectivity index (χ0n) is 9.13. The molecule has 1 aromatic carbocycles. The lowest BCUT2D eigenvalue weighted by Crippen LogP contribution is -1.88. The van der Waals surface area contributed by atoms with E-state index in [1.165, 1.54) is 12.1 Å². The Morgan fingerprint density at radius 3 is 2.44 bits per heavy atom. The summed E-state index contributed by atoms with van der Waals surface area (Å²) < 4.78 is 15.7. The molecule has 0 spiro atoms. The smallest absolute Gasteiger partial charge is 0.258 e. The first-order valence-electron chi connectivity index (χ1n) is 5.01. The number of thiol groups is 1. The monoisotopic (exact) mass is 263 g/mol. The number of aromatic nitrogens is 1. The first kappa shape index (κ1) is 12.2. The highest BCUT2D eigenvalue weighted by molar-refractivity contribution is 7.75. The molecule has 1 heterocycles. The fraction of sp³-hybridized carbons (Fsp3) is 0. The third-order valence-electron chi connectivity index (χ3n) is 2.11. The van der Waals surface area contributed by atoms with Gasteiger partial charge in [-0.05, 0) is 18.2 Å². The Hall–Kier alpha value is -2.28. The molecule has 0 bridgehead atoms. The van der Waals surface area contributed by atoms with Crippen molar-refractivity contribution in [1.29, 1.82) is 0 Å². The van der Waals surface area contributed by atoms with E-state index in [1.54, 1.807) is 24.3 Å². The van der Waals surface area contributed by atoms with Gasteiger partial charge < -0.3 is 0 Å². The topological polar surface area (TPSA) is 85.5 Å². The summed E-state index contributed by atoms with van der Waals surface area (Å²) in [5, 5.41) is 10.4. The molecule has 7 heteroatoms. The summed E-state index contributed by atoms with van der Waals surface area (Å²) in [7, 11) is -1.93. The van der Waals surface area contributed by atoms with Crippen molar-refractivity contribution in [3.05, 3.63) is 58.8 Å². The number of rotatable bonds is 3. The number of hydrogen-bond donors (Lipinski definition) is 1. The third kappa shape index (κ3) is 2.89. The molecule has 1 atom stereocenters. The van der Waals surface area contributed by atoms with Crippen LogP contribution in [0.5, 0.6) is 0 Å². The molecule has 0 aliphatic rings. The minimum atomic E-state index is -1.93. The lowest BCUT2D eigenvalue weighted by Gasteiger charge is -1.94. The maximum atomic E-state index is 11.8. The lowest BCUT2D eigenvalue weighted by molar-refractivity contribution is -0.385. The molecule has 1 unspecified atom stereocenters. The summed E-state index contributed by atoms with van der Waals surface area (Å²) in [6.45, 7) is 0. The number of benzene rings is 1. The van der Waals surface area contributed by atoms with Gasteiger partial charge in [-0.25, -0.2) is 9.19 Å². The Labute approximate surface area is 105 Å². The molecule has 0 radical (unpaired) electrons. The molecule has 0 aliphatic carbocycles. The van der Waals surface area contributed by atoms with Crippen LogP contribution in [0.3, 0.4) is 0 Å². The molecule has 0 amide bonds. The summed E-state index contributed by atoms with van der Waals surface area (Å²) in [6.07, 6.45) is 1.09. The second-order valence-corrected chi connectivity index (χ2v) is 4.60. The van der Waals surface area contributed by atoms with Crippen molar-refractivity contribution in [2.45, 2.75) is 4.90 Å². The van der Waals surface area contributed by atoms with Crippen LogP contribution in [-0.4, -0.2) is 14.1 Å². The molecule has 0 saturated heterocycles. The molecule has 92 valence electrons. The fourth-order valence-corrected chi connectivity index (χ4v) is 2.10. The van der Waals surface area contributed by atoms with Crippen molar-refractivity contribution < 1.29 is 9.13 Å². The van der Waals surface area contributed by atoms with E-state index in [0.29, 0.717) is 4.90 Å². The molecule has 2 rings (SSSR count). The maximum Gasteiger partial charge on any atom is 0.287 e. The predicted molar refractivity (Wildman–Crippen MR) is 67.2 cm³/mol. The van der Waals surface area contributed by atoms with Gasteiger partial charge in [-0.15, -0.1) is 0 Å². The first-order valence-corrected chi connectivity index (χ1v) is 6.22. The fourth-order valence-electron chi connectivity index (χ4n) is 1.25. The van der Waals surface area contributed by atoms with Crippen LogP contribution in [0.1, 0.15) is 0 Å². The van der Waals surface area contributed by atoms with Gasteiger partial charge in [0.2, 0.25) is 0 Å². The summed E-state index contributed by atoms with van der Waals surface area (Å²) in [4.78, 5) is 14.2. The van der Waals surface area contributed by atoms with Gasteiger partial charge in [-0.3, -0.25) is 10.1 Å². The Balaban J connectivity index is 2.28. The summed E-state index contributed by atoms with van der Waals surface area (Å²) >= 11 is 0. The Kier molecular flexibility index (Phi) is 3.63. The van der Waals surface area contributed by atoms with Crippen molar-refractivity contribution in [3.8, 4) is 0 Å². The number of pyridine rings is 1. The molecule has 0 N–H and O–H groups in total. The van der Waals surface area contributed by atoms with Crippen molar-refractivity contribution in [2.75, 3.05) is 0 Å². The van der Waals surface area contributed by atoms with E-state index in [-0.39, 0.29) is 11.5 Å². The van der Waals surface area contributed by atoms with Gasteiger partial charge in [-0.2, -0.15) is 4.36 Å². The van der Waals surface area contributed by atoms with Crippen LogP contribution in [0, 0.1) is 10.1 Å². The quantitative estimate of drug-likeness (QED) is 0.523. The van der Waals surface area contributed by atoms with E-state index in [2.05, 4.69) is 9.35 Å². The van der Waals surface area contributed by atoms with Crippen LogP contribution in [0.4, 0.5) is 11.5 Å². The Morgan fingerprint density at radius 1 is 1.17 bits per heavy atom. The maximum absolute atomic E-state index is 11.8. The van der Waals surface area contributed by atoms with E-state index in [9.17, 15) is 14.3 Å². The Morgan fingerprint density at radius 2 is 1.89 bits per heavy atom. The molecular weight excluding hydrogens is 254 g/mol. The van der Waals surface area contributed by atoms with Crippen molar-refractivity contribution in [2.24, 2.45) is 4.36 Å². The first-order chi connectivity index (χ1) is 8.66. The molecule has 6 nitrogen and oxygen atoms in total. The zero-order valence-corrected chi connectivity index (χ0v) is 10.0. The van der Waals surface area contributed by atoms with Crippen molar-refractivity contribution >= 4 is 22.1 Å². The second-order valence-electron chi connectivity index (χ2n) is 3.34. The van der Waals surface area contributed by atoms with E-state index in [4.69, 9.17) is 0 Å². The summed E-state index contributed by atoms with van der Waals surface area (Å²) in [6, 6.07) is 11.4. The number of nitro groups is 1. The number of hydrogen-bond acceptors (Lipinski definition) is 5. The molecule has 0 fully saturated rings. The average Bonchev–Trinajstić information content (AvgIpc) is 2.40. The minimum Gasteiger partial charge on any atom is -0.258 e. The largest absolute Gasteiger partial charge is 0.287 e. The van der Waals surface area contributed by atoms with Crippen LogP contribution in [0.25, 0.3) is 0 Å². The highest BCUT2D eigenvalue weighted by atomic mass is 32.2. The van der Waals surface area contributed by atoms with Gasteiger partial charge in [0.05, 0.1) is 15.5 Å². The van der Waals surface area contributed by atoms with Crippen LogP contribution in [-0.2, 0) is 10.6 Å². The van der Waals surface area contributed by atoms with Crippen molar-refractivity contribution in [1.82, 2.24) is 4.98 Å². The highest BCUT2D eigenvalue weighted by Crippen LogP contribution is 2.15. The molecular formula is C11H9N3O3S. The predicted octanol–water partition coefficient (Wildman–Crippen LogP) is 2.34. The van der Waals surface area contributed by atoms with Crippen LogP contribution >= 0.6 is 0 Å².